The third-order valence-electron chi connectivity index (χ3n) is 2.27. The van der Waals surface area contributed by atoms with Crippen LogP contribution in [0.1, 0.15) is 16.9 Å². The van der Waals surface area contributed by atoms with E-state index in [0.29, 0.717) is 12.4 Å². The molecule has 1 atom stereocenters. The average molecular weight is 208 g/mol. The number of nitrogens with one attached hydrogen (secondary N) is 1. The molecule has 0 radical (unpaired) electrons. The highest BCUT2D eigenvalue weighted by molar-refractivity contribution is 5.85. The molecule has 1 aliphatic heterocycles. The summed E-state index contributed by atoms with van der Waals surface area (Å²) in [7, 11) is 0. The highest BCUT2D eigenvalue weighted by atomic mass is 16.5. The van der Waals surface area contributed by atoms with Crippen molar-refractivity contribution in [3.63, 3.8) is 0 Å². The van der Waals surface area contributed by atoms with Gasteiger partial charge in [-0.05, 0) is 18.6 Å². The first-order chi connectivity index (χ1) is 7.25. The number of carboxylic acid groups (broad SMARTS) is 1. The van der Waals surface area contributed by atoms with E-state index in [-0.39, 0.29) is 11.8 Å². The zero-order valence-corrected chi connectivity index (χ0v) is 8.14. The second-order valence-electron chi connectivity index (χ2n) is 3.38. The van der Waals surface area contributed by atoms with Crippen LogP contribution in [0.3, 0.4) is 0 Å². The summed E-state index contributed by atoms with van der Waals surface area (Å²) in [6.07, 6.45) is 1.28. The van der Waals surface area contributed by atoms with Crippen molar-refractivity contribution in [3.8, 4) is 0 Å². The van der Waals surface area contributed by atoms with Gasteiger partial charge in [-0.3, -0.25) is 0 Å². The molecule has 0 bridgehead atoms. The second kappa shape index (κ2) is 4.27. The van der Waals surface area contributed by atoms with Crippen LogP contribution in [0.4, 0.5) is 5.82 Å². The van der Waals surface area contributed by atoms with Gasteiger partial charge in [-0.2, -0.15) is 0 Å². The first-order valence-electron chi connectivity index (χ1n) is 4.81. The number of pyridine rings is 1. The molecule has 0 saturated carbocycles. The number of hydrogen-bond acceptors (Lipinski definition) is 4. The maximum absolute atomic E-state index is 10.6. The Morgan fingerprint density at radius 3 is 3.07 bits per heavy atom. The summed E-state index contributed by atoms with van der Waals surface area (Å²) in [6, 6.07) is 4.87. The summed E-state index contributed by atoms with van der Waals surface area (Å²) >= 11 is 0. The minimum atomic E-state index is -1.02. The van der Waals surface area contributed by atoms with E-state index >= 15 is 0 Å². The minimum Gasteiger partial charge on any atom is -0.477 e. The molecule has 5 heteroatoms. The van der Waals surface area contributed by atoms with E-state index in [1.54, 1.807) is 12.1 Å². The van der Waals surface area contributed by atoms with Crippen LogP contribution in [-0.2, 0) is 4.74 Å². The summed E-state index contributed by atoms with van der Waals surface area (Å²) in [4.78, 5) is 14.6. The van der Waals surface area contributed by atoms with Gasteiger partial charge in [-0.15, -0.1) is 0 Å². The smallest absolute Gasteiger partial charge is 0.354 e. The predicted octanol–water partition coefficient (Wildman–Crippen LogP) is 0.981. The van der Waals surface area contributed by atoms with Crippen LogP contribution in [0.25, 0.3) is 0 Å². The summed E-state index contributed by atoms with van der Waals surface area (Å²) in [5, 5.41) is 11.8. The number of aromatic nitrogens is 1. The quantitative estimate of drug-likeness (QED) is 0.771. The van der Waals surface area contributed by atoms with E-state index in [2.05, 4.69) is 10.3 Å². The van der Waals surface area contributed by atoms with E-state index in [1.165, 1.54) is 6.07 Å². The fourth-order valence-corrected chi connectivity index (χ4v) is 1.32. The second-order valence-corrected chi connectivity index (χ2v) is 3.38. The van der Waals surface area contributed by atoms with Gasteiger partial charge in [-0.1, -0.05) is 6.07 Å². The normalized spacial score (nSPS) is 19.3. The lowest BCUT2D eigenvalue weighted by atomic mass is 10.2. The Kier molecular flexibility index (Phi) is 2.82. The number of aromatic carboxylic acids is 1. The van der Waals surface area contributed by atoms with E-state index in [9.17, 15) is 4.79 Å². The zero-order chi connectivity index (χ0) is 10.7. The lowest BCUT2D eigenvalue weighted by Gasteiger charge is -2.26. The molecule has 1 fully saturated rings. The summed E-state index contributed by atoms with van der Waals surface area (Å²) in [5.41, 5.74) is 0.0505. The van der Waals surface area contributed by atoms with Crippen molar-refractivity contribution < 1.29 is 14.6 Å². The fourth-order valence-electron chi connectivity index (χ4n) is 1.32. The number of carboxylic acids is 1. The van der Waals surface area contributed by atoms with Gasteiger partial charge in [-0.25, -0.2) is 9.78 Å². The van der Waals surface area contributed by atoms with Gasteiger partial charge in [0.2, 0.25) is 0 Å². The van der Waals surface area contributed by atoms with Crippen LogP contribution in [-0.4, -0.2) is 35.3 Å². The predicted molar refractivity (Wildman–Crippen MR) is 54.0 cm³/mol. The van der Waals surface area contributed by atoms with E-state index in [4.69, 9.17) is 9.84 Å². The average Bonchev–Trinajstić information content (AvgIpc) is 2.16. The van der Waals surface area contributed by atoms with Crippen LogP contribution in [0, 0.1) is 0 Å². The minimum absolute atomic E-state index is 0.0505. The zero-order valence-electron chi connectivity index (χ0n) is 8.14. The monoisotopic (exact) mass is 208 g/mol. The first kappa shape index (κ1) is 9.92. The Labute approximate surface area is 87.1 Å². The molecule has 2 heterocycles. The molecule has 15 heavy (non-hydrogen) atoms. The van der Waals surface area contributed by atoms with E-state index < -0.39 is 5.97 Å². The largest absolute Gasteiger partial charge is 0.477 e. The third-order valence-corrected chi connectivity index (χ3v) is 2.27. The highest BCUT2D eigenvalue weighted by Crippen LogP contribution is 2.12. The van der Waals surface area contributed by atoms with Crippen molar-refractivity contribution in [2.24, 2.45) is 0 Å². The maximum atomic E-state index is 10.6. The number of hydrogen-bond donors (Lipinski definition) is 2. The van der Waals surface area contributed by atoms with Gasteiger partial charge in [0.25, 0.3) is 0 Å². The van der Waals surface area contributed by atoms with Crippen molar-refractivity contribution in [1.82, 2.24) is 4.98 Å². The number of carbonyl (C=O) groups is 1. The number of ether oxygens (including phenoxy) is 1. The molecule has 2 N–H and O–H groups in total. The Bertz CT molecular complexity index is 363. The fraction of sp³-hybridized carbons (Fsp3) is 0.400. The molecular weight excluding hydrogens is 196 g/mol. The standard InChI is InChI=1S/C10H12N2O3/c13-10(14)8-2-1-3-9(12-8)11-6-7-4-5-15-7/h1-3,7H,4-6H2,(H,11,12)(H,13,14). The molecule has 1 aliphatic rings. The first-order valence-corrected chi connectivity index (χ1v) is 4.81. The highest BCUT2D eigenvalue weighted by Gasteiger charge is 2.17. The van der Waals surface area contributed by atoms with Crippen molar-refractivity contribution >= 4 is 11.8 Å². The van der Waals surface area contributed by atoms with Gasteiger partial charge < -0.3 is 15.2 Å². The lowest BCUT2D eigenvalue weighted by Crippen LogP contribution is -2.33. The van der Waals surface area contributed by atoms with Crippen molar-refractivity contribution in [2.75, 3.05) is 18.5 Å². The summed E-state index contributed by atoms with van der Waals surface area (Å²) in [6.45, 7) is 1.49. The van der Waals surface area contributed by atoms with Gasteiger partial charge >= 0.3 is 5.97 Å². The molecule has 2 rings (SSSR count). The number of anilines is 1. The van der Waals surface area contributed by atoms with Crippen molar-refractivity contribution in [2.45, 2.75) is 12.5 Å². The Hall–Kier alpha value is -1.62. The number of nitrogens with zero attached hydrogens (tertiary/aromatic N) is 1. The molecule has 80 valence electrons. The molecular formula is C10H12N2O3. The Balaban J connectivity index is 1.94. The third kappa shape index (κ3) is 2.44. The molecule has 1 aromatic heterocycles. The molecule has 0 amide bonds. The van der Waals surface area contributed by atoms with Crippen LogP contribution >= 0.6 is 0 Å². The van der Waals surface area contributed by atoms with Gasteiger partial charge in [0.1, 0.15) is 5.82 Å². The SMILES string of the molecule is O=C(O)c1cccc(NCC2CCO2)n1. The summed E-state index contributed by atoms with van der Waals surface area (Å²) in [5.74, 6) is -0.441. The summed E-state index contributed by atoms with van der Waals surface area (Å²) < 4.78 is 5.22. The molecule has 0 aliphatic carbocycles. The molecule has 1 unspecified atom stereocenters. The van der Waals surface area contributed by atoms with Crippen LogP contribution in [0.2, 0.25) is 0 Å². The van der Waals surface area contributed by atoms with E-state index in [1.807, 2.05) is 0 Å². The lowest BCUT2D eigenvalue weighted by molar-refractivity contribution is -0.0410. The molecule has 1 aromatic rings. The molecule has 0 aromatic carbocycles. The molecule has 1 saturated heterocycles. The van der Waals surface area contributed by atoms with Crippen molar-refractivity contribution in [3.05, 3.63) is 23.9 Å². The van der Waals surface area contributed by atoms with E-state index in [0.717, 1.165) is 13.0 Å². The molecule has 5 nitrogen and oxygen atoms in total. The van der Waals surface area contributed by atoms with Gasteiger partial charge in [0.05, 0.1) is 6.10 Å². The van der Waals surface area contributed by atoms with Crippen LogP contribution in [0.5, 0.6) is 0 Å². The van der Waals surface area contributed by atoms with Crippen LogP contribution in [0.15, 0.2) is 18.2 Å². The number of rotatable bonds is 4. The van der Waals surface area contributed by atoms with Crippen molar-refractivity contribution in [1.29, 1.82) is 0 Å². The topological polar surface area (TPSA) is 71.5 Å². The van der Waals surface area contributed by atoms with Gasteiger partial charge in [0, 0.05) is 13.2 Å². The Morgan fingerprint density at radius 1 is 1.67 bits per heavy atom. The van der Waals surface area contributed by atoms with Gasteiger partial charge in [0.15, 0.2) is 5.69 Å². The maximum Gasteiger partial charge on any atom is 0.354 e. The Morgan fingerprint density at radius 2 is 2.47 bits per heavy atom. The van der Waals surface area contributed by atoms with Crippen LogP contribution < -0.4 is 5.32 Å². The molecule has 0 spiro atoms.